The van der Waals surface area contributed by atoms with Gasteiger partial charge in [-0.3, -0.25) is 4.79 Å². The van der Waals surface area contributed by atoms with E-state index in [4.69, 9.17) is 14.2 Å². The molecule has 0 fully saturated rings. The van der Waals surface area contributed by atoms with Crippen molar-refractivity contribution in [3.05, 3.63) is 47.7 Å². The smallest absolute Gasteiger partial charge is 0.257 e. The summed E-state index contributed by atoms with van der Waals surface area (Å²) in [7, 11) is 4.62. The van der Waals surface area contributed by atoms with Crippen molar-refractivity contribution in [2.45, 2.75) is 6.92 Å². The SMILES string of the molecule is COc1cc2[nH]cc(C(=O)Nc3cccc(C)c3)c2c(OC)c1OC. The normalized spacial score (nSPS) is 10.6. The van der Waals surface area contributed by atoms with Crippen LogP contribution in [0, 0.1) is 6.92 Å². The molecule has 0 aliphatic heterocycles. The minimum Gasteiger partial charge on any atom is -0.493 e. The van der Waals surface area contributed by atoms with Crippen LogP contribution in [0.25, 0.3) is 10.9 Å². The number of anilines is 1. The molecule has 25 heavy (non-hydrogen) atoms. The number of fused-ring (bicyclic) bond motifs is 1. The Labute approximate surface area is 145 Å². The van der Waals surface area contributed by atoms with Gasteiger partial charge in [0.2, 0.25) is 5.75 Å². The summed E-state index contributed by atoms with van der Waals surface area (Å²) in [5, 5.41) is 3.55. The van der Waals surface area contributed by atoms with Gasteiger partial charge in [-0.25, -0.2) is 0 Å². The highest BCUT2D eigenvalue weighted by molar-refractivity contribution is 6.15. The Morgan fingerprint density at radius 3 is 2.44 bits per heavy atom. The molecule has 0 bridgehead atoms. The monoisotopic (exact) mass is 340 g/mol. The van der Waals surface area contributed by atoms with Crippen LogP contribution in [0.1, 0.15) is 15.9 Å². The molecule has 3 aromatic rings. The van der Waals surface area contributed by atoms with Gasteiger partial charge < -0.3 is 24.5 Å². The number of aromatic nitrogens is 1. The molecule has 1 heterocycles. The van der Waals surface area contributed by atoms with Crippen LogP contribution in [0.2, 0.25) is 0 Å². The summed E-state index contributed by atoms with van der Waals surface area (Å²) in [5.41, 5.74) is 3.00. The molecule has 0 saturated heterocycles. The highest BCUT2D eigenvalue weighted by Crippen LogP contribution is 2.44. The maximum absolute atomic E-state index is 12.8. The Morgan fingerprint density at radius 1 is 1.04 bits per heavy atom. The number of hydrogen-bond acceptors (Lipinski definition) is 4. The summed E-state index contributed by atoms with van der Waals surface area (Å²) in [6, 6.07) is 9.41. The van der Waals surface area contributed by atoms with Gasteiger partial charge in [0.1, 0.15) is 0 Å². The number of ether oxygens (including phenoxy) is 3. The number of aromatic amines is 1. The Bertz CT molecular complexity index is 931. The predicted octanol–water partition coefficient (Wildman–Crippen LogP) is 3.75. The number of nitrogens with one attached hydrogen (secondary N) is 2. The van der Waals surface area contributed by atoms with Crippen molar-refractivity contribution in [2.75, 3.05) is 26.6 Å². The minimum atomic E-state index is -0.234. The molecule has 0 spiro atoms. The van der Waals surface area contributed by atoms with Gasteiger partial charge in [-0.05, 0) is 24.6 Å². The first kappa shape index (κ1) is 16.7. The molecule has 0 atom stereocenters. The Balaban J connectivity index is 2.09. The van der Waals surface area contributed by atoms with Crippen LogP contribution in [0.4, 0.5) is 5.69 Å². The minimum absolute atomic E-state index is 0.234. The fourth-order valence-corrected chi connectivity index (χ4v) is 2.86. The molecule has 2 N–H and O–H groups in total. The van der Waals surface area contributed by atoms with Crippen LogP contribution < -0.4 is 19.5 Å². The second-order valence-corrected chi connectivity index (χ2v) is 5.59. The van der Waals surface area contributed by atoms with E-state index >= 15 is 0 Å². The predicted molar refractivity (Wildman–Crippen MR) is 97.1 cm³/mol. The number of H-pyrrole nitrogens is 1. The van der Waals surface area contributed by atoms with E-state index < -0.39 is 0 Å². The lowest BCUT2D eigenvalue weighted by molar-refractivity contribution is 0.102. The van der Waals surface area contributed by atoms with E-state index in [0.29, 0.717) is 28.2 Å². The van der Waals surface area contributed by atoms with Crippen molar-refractivity contribution < 1.29 is 19.0 Å². The molecule has 0 aliphatic carbocycles. The zero-order valence-electron chi connectivity index (χ0n) is 14.6. The van der Waals surface area contributed by atoms with Crippen molar-refractivity contribution in [1.29, 1.82) is 0 Å². The summed E-state index contributed by atoms with van der Waals surface area (Å²) in [6.07, 6.45) is 1.65. The lowest BCUT2D eigenvalue weighted by Crippen LogP contribution is -2.11. The number of carbonyl (C=O) groups excluding carboxylic acids is 1. The van der Waals surface area contributed by atoms with Gasteiger partial charge in [-0.2, -0.15) is 0 Å². The summed E-state index contributed by atoms with van der Waals surface area (Å²) in [5.74, 6) is 1.19. The number of amides is 1. The zero-order valence-corrected chi connectivity index (χ0v) is 14.6. The van der Waals surface area contributed by atoms with Crippen LogP contribution in [0.5, 0.6) is 17.2 Å². The first-order chi connectivity index (χ1) is 12.1. The van der Waals surface area contributed by atoms with Crippen LogP contribution in [0.3, 0.4) is 0 Å². The van der Waals surface area contributed by atoms with Gasteiger partial charge in [0.05, 0.1) is 37.8 Å². The first-order valence-corrected chi connectivity index (χ1v) is 7.77. The molecule has 6 heteroatoms. The number of methoxy groups -OCH3 is 3. The standard InChI is InChI=1S/C19H20N2O4/c1-11-6-5-7-12(8-11)21-19(22)13-10-20-14-9-15(23-2)17(24-3)18(25-4)16(13)14/h5-10,20H,1-4H3,(H,21,22). The van der Waals surface area contributed by atoms with Crippen molar-refractivity contribution in [2.24, 2.45) is 0 Å². The van der Waals surface area contributed by atoms with E-state index in [2.05, 4.69) is 10.3 Å². The van der Waals surface area contributed by atoms with Gasteiger partial charge in [0.15, 0.2) is 11.5 Å². The fraction of sp³-hybridized carbons (Fsp3) is 0.211. The third kappa shape index (κ3) is 2.98. The molecule has 0 radical (unpaired) electrons. The molecule has 6 nitrogen and oxygen atoms in total. The summed E-state index contributed by atoms with van der Waals surface area (Å²) in [6.45, 7) is 1.97. The third-order valence-electron chi connectivity index (χ3n) is 3.99. The van der Waals surface area contributed by atoms with Crippen LogP contribution >= 0.6 is 0 Å². The molecule has 1 amide bonds. The Hall–Kier alpha value is -3.15. The van der Waals surface area contributed by atoms with E-state index in [-0.39, 0.29) is 5.91 Å². The second kappa shape index (κ2) is 6.76. The quantitative estimate of drug-likeness (QED) is 0.742. The van der Waals surface area contributed by atoms with E-state index in [9.17, 15) is 4.79 Å². The first-order valence-electron chi connectivity index (χ1n) is 7.77. The second-order valence-electron chi connectivity index (χ2n) is 5.59. The van der Waals surface area contributed by atoms with Gasteiger partial charge in [0.25, 0.3) is 5.91 Å². The maximum atomic E-state index is 12.8. The average Bonchev–Trinajstić information content (AvgIpc) is 3.03. The number of rotatable bonds is 5. The molecule has 0 saturated carbocycles. The Morgan fingerprint density at radius 2 is 1.80 bits per heavy atom. The fourth-order valence-electron chi connectivity index (χ4n) is 2.86. The highest BCUT2D eigenvalue weighted by atomic mass is 16.5. The maximum Gasteiger partial charge on any atom is 0.257 e. The summed E-state index contributed by atoms with van der Waals surface area (Å²) < 4.78 is 16.3. The van der Waals surface area contributed by atoms with Gasteiger partial charge in [-0.15, -0.1) is 0 Å². The van der Waals surface area contributed by atoms with Crippen LogP contribution in [-0.2, 0) is 0 Å². The number of hydrogen-bond donors (Lipinski definition) is 2. The van der Waals surface area contributed by atoms with E-state index in [1.807, 2.05) is 31.2 Å². The van der Waals surface area contributed by atoms with Crippen molar-refractivity contribution >= 4 is 22.5 Å². The molecule has 3 rings (SSSR count). The molecule has 130 valence electrons. The number of benzene rings is 2. The molecular formula is C19H20N2O4. The molecule has 0 aliphatic rings. The third-order valence-corrected chi connectivity index (χ3v) is 3.99. The topological polar surface area (TPSA) is 72.6 Å². The lowest BCUT2D eigenvalue weighted by atomic mass is 10.1. The van der Waals surface area contributed by atoms with Gasteiger partial charge >= 0.3 is 0 Å². The van der Waals surface area contributed by atoms with Crippen LogP contribution in [0.15, 0.2) is 36.5 Å². The van der Waals surface area contributed by atoms with E-state index in [1.54, 1.807) is 19.4 Å². The average molecular weight is 340 g/mol. The van der Waals surface area contributed by atoms with Crippen LogP contribution in [-0.4, -0.2) is 32.2 Å². The van der Waals surface area contributed by atoms with E-state index in [1.165, 1.54) is 14.2 Å². The van der Waals surface area contributed by atoms with Crippen molar-refractivity contribution in [1.82, 2.24) is 4.98 Å². The van der Waals surface area contributed by atoms with Gasteiger partial charge in [-0.1, -0.05) is 12.1 Å². The van der Waals surface area contributed by atoms with Crippen molar-refractivity contribution in [3.8, 4) is 17.2 Å². The largest absolute Gasteiger partial charge is 0.493 e. The van der Waals surface area contributed by atoms with Gasteiger partial charge in [0, 0.05) is 18.0 Å². The number of aryl methyl sites for hydroxylation is 1. The molecular weight excluding hydrogens is 320 g/mol. The molecule has 0 unspecified atom stereocenters. The molecule has 2 aromatic carbocycles. The zero-order chi connectivity index (χ0) is 18.0. The van der Waals surface area contributed by atoms with Crippen molar-refractivity contribution in [3.63, 3.8) is 0 Å². The highest BCUT2D eigenvalue weighted by Gasteiger charge is 2.22. The number of carbonyl (C=O) groups is 1. The summed E-state index contributed by atoms with van der Waals surface area (Å²) >= 11 is 0. The lowest BCUT2D eigenvalue weighted by Gasteiger charge is -2.14. The molecule has 1 aromatic heterocycles. The van der Waals surface area contributed by atoms with E-state index in [0.717, 1.165) is 16.8 Å². The Kier molecular flexibility index (Phi) is 4.52. The summed E-state index contributed by atoms with van der Waals surface area (Å²) in [4.78, 5) is 15.9.